The Morgan fingerprint density at radius 2 is 1.70 bits per heavy atom. The molecule has 1 unspecified atom stereocenters. The topological polar surface area (TPSA) is 146 Å². The van der Waals surface area contributed by atoms with Crippen molar-refractivity contribution in [2.45, 2.75) is 12.8 Å². The number of allylic oxidation sites excluding steroid dienone is 1. The minimum Gasteiger partial charge on any atom is -0.466 e. The van der Waals surface area contributed by atoms with Gasteiger partial charge >= 0.3 is 19.1 Å². The van der Waals surface area contributed by atoms with Crippen molar-refractivity contribution in [2.75, 3.05) is 19.1 Å². The van der Waals surface area contributed by atoms with E-state index >= 15 is 0 Å². The van der Waals surface area contributed by atoms with Crippen LogP contribution in [-0.4, -0.2) is 43.3 Å². The highest BCUT2D eigenvalue weighted by molar-refractivity contribution is 6.59. The maximum absolute atomic E-state index is 13.0. The lowest BCUT2D eigenvalue weighted by Gasteiger charge is -2.36. The van der Waals surface area contributed by atoms with E-state index in [4.69, 9.17) is 15.2 Å². The lowest BCUT2D eigenvalue weighted by Crippen LogP contribution is -2.42. The van der Waals surface area contributed by atoms with Gasteiger partial charge in [0, 0.05) is 0 Å². The van der Waals surface area contributed by atoms with Gasteiger partial charge in [0.2, 0.25) is 0 Å². The summed E-state index contributed by atoms with van der Waals surface area (Å²) < 4.78 is 9.97. The maximum Gasteiger partial charge on any atom is 0.488 e. The molecule has 0 fully saturated rings. The van der Waals surface area contributed by atoms with E-state index in [1.165, 1.54) is 24.1 Å². The molecule has 4 N–H and O–H groups in total. The number of ether oxygens (including phenoxy) is 2. The number of carbonyl (C=O) groups excluding carboxylic acids is 2. The summed E-state index contributed by atoms with van der Waals surface area (Å²) in [7, 11) is 0.525. The number of nitrogens with zero attached hydrogens (tertiary/aromatic N) is 2. The summed E-state index contributed by atoms with van der Waals surface area (Å²) in [5.74, 6) is -2.82. The molecule has 0 bridgehead atoms. The van der Waals surface area contributed by atoms with E-state index in [1.54, 1.807) is 43.3 Å². The number of methoxy groups -OCH3 is 2. The molecular weight excluding hydrogens is 425 g/mol. The number of hydrogen-bond donors (Lipinski definition) is 3. The molecule has 2 aromatic rings. The molecule has 168 valence electrons. The molecule has 0 aliphatic carbocycles. The Morgan fingerprint density at radius 3 is 2.24 bits per heavy atom. The van der Waals surface area contributed by atoms with Gasteiger partial charge in [0.1, 0.15) is 11.5 Å². The van der Waals surface area contributed by atoms with Crippen molar-refractivity contribution in [3.63, 3.8) is 0 Å². The highest BCUT2D eigenvalue weighted by atomic mass is 16.5. The van der Waals surface area contributed by atoms with Crippen molar-refractivity contribution in [1.29, 1.82) is 5.26 Å². The fourth-order valence-corrected chi connectivity index (χ4v) is 3.93. The minimum absolute atomic E-state index is 0.0172. The number of rotatable bonds is 5. The quantitative estimate of drug-likeness (QED) is 0.442. The van der Waals surface area contributed by atoms with Gasteiger partial charge in [-0.15, -0.1) is 0 Å². The largest absolute Gasteiger partial charge is 0.488 e. The number of anilines is 1. The van der Waals surface area contributed by atoms with Gasteiger partial charge in [0.25, 0.3) is 0 Å². The molecule has 0 saturated carbocycles. The van der Waals surface area contributed by atoms with Crippen LogP contribution < -0.4 is 16.1 Å². The molecule has 0 amide bonds. The van der Waals surface area contributed by atoms with Gasteiger partial charge < -0.3 is 25.3 Å². The Hall–Kier alpha value is -4.07. The number of carbonyl (C=O) groups is 2. The number of nitrogens with two attached hydrogens (primary N) is 1. The van der Waals surface area contributed by atoms with E-state index in [0.29, 0.717) is 11.1 Å². The van der Waals surface area contributed by atoms with Crippen molar-refractivity contribution in [3.05, 3.63) is 82.3 Å². The lowest BCUT2D eigenvalue weighted by atomic mass is 9.76. The van der Waals surface area contributed by atoms with Gasteiger partial charge in [0.05, 0.1) is 43.0 Å². The molecule has 1 atom stereocenters. The standard InChI is InChI=1S/C23H22BN3O6/c1-13-16(24(30)31)10-7-11-17(13)27-20(23(29)33-3)19(22(28)32-2)18(15(12-25)21(27)26)14-8-5-4-6-9-14/h4-11,18,30-31H,26H2,1-3H3. The van der Waals surface area contributed by atoms with Gasteiger partial charge in [-0.25, -0.2) is 9.59 Å². The Labute approximate surface area is 191 Å². The maximum atomic E-state index is 13.0. The number of esters is 2. The van der Waals surface area contributed by atoms with E-state index < -0.39 is 25.0 Å². The van der Waals surface area contributed by atoms with Gasteiger partial charge in [-0.3, -0.25) is 4.90 Å². The third kappa shape index (κ3) is 4.07. The smallest absolute Gasteiger partial charge is 0.466 e. The SMILES string of the molecule is COC(=O)C1=C(C(=O)OC)N(c2cccc(B(O)O)c2C)C(N)=C(C#N)C1c1ccccc1. The van der Waals surface area contributed by atoms with Crippen LogP contribution in [0, 0.1) is 18.3 Å². The molecule has 1 heterocycles. The highest BCUT2D eigenvalue weighted by Crippen LogP contribution is 2.43. The molecule has 0 saturated heterocycles. The van der Waals surface area contributed by atoms with E-state index in [0.717, 1.165) is 7.11 Å². The molecule has 10 heteroatoms. The van der Waals surface area contributed by atoms with E-state index in [-0.39, 0.29) is 33.8 Å². The Bertz CT molecular complexity index is 1200. The average molecular weight is 447 g/mol. The van der Waals surface area contributed by atoms with Crippen molar-refractivity contribution in [2.24, 2.45) is 5.73 Å². The summed E-state index contributed by atoms with van der Waals surface area (Å²) in [5, 5.41) is 29.5. The summed E-state index contributed by atoms with van der Waals surface area (Å²) in [5.41, 5.74) is 7.44. The van der Waals surface area contributed by atoms with E-state index in [9.17, 15) is 24.9 Å². The predicted molar refractivity (Wildman–Crippen MR) is 121 cm³/mol. The first-order valence-corrected chi connectivity index (χ1v) is 9.89. The third-order valence-corrected chi connectivity index (χ3v) is 5.48. The zero-order chi connectivity index (χ0) is 24.3. The van der Waals surface area contributed by atoms with Crippen LogP contribution in [0.3, 0.4) is 0 Å². The first-order chi connectivity index (χ1) is 15.8. The second-order valence-electron chi connectivity index (χ2n) is 7.20. The molecular formula is C23H22BN3O6. The normalized spacial score (nSPS) is 15.8. The number of hydrogen-bond acceptors (Lipinski definition) is 9. The van der Waals surface area contributed by atoms with Gasteiger partial charge in [-0.2, -0.15) is 5.26 Å². The summed E-state index contributed by atoms with van der Waals surface area (Å²) in [4.78, 5) is 27.3. The second kappa shape index (κ2) is 9.60. The van der Waals surface area contributed by atoms with Crippen LogP contribution in [0.15, 0.2) is 71.2 Å². The summed E-state index contributed by atoms with van der Waals surface area (Å²) in [6.45, 7) is 1.60. The molecule has 3 rings (SSSR count). The van der Waals surface area contributed by atoms with Crippen LogP contribution in [0.4, 0.5) is 5.69 Å². The molecule has 1 aliphatic rings. The van der Waals surface area contributed by atoms with Crippen LogP contribution in [0.25, 0.3) is 0 Å². The molecule has 1 aliphatic heterocycles. The molecule has 0 radical (unpaired) electrons. The van der Waals surface area contributed by atoms with Gasteiger partial charge in [0.15, 0.2) is 0 Å². The zero-order valence-electron chi connectivity index (χ0n) is 18.3. The predicted octanol–water partition coefficient (Wildman–Crippen LogP) is 0.573. The lowest BCUT2D eigenvalue weighted by molar-refractivity contribution is -0.139. The zero-order valence-corrected chi connectivity index (χ0v) is 18.3. The van der Waals surface area contributed by atoms with Gasteiger partial charge in [-0.1, -0.05) is 42.5 Å². The fourth-order valence-electron chi connectivity index (χ4n) is 3.93. The Balaban J connectivity index is 2.45. The van der Waals surface area contributed by atoms with Crippen LogP contribution in [0.2, 0.25) is 0 Å². The average Bonchev–Trinajstić information content (AvgIpc) is 2.83. The Morgan fingerprint density at radius 1 is 1.06 bits per heavy atom. The molecule has 2 aromatic carbocycles. The van der Waals surface area contributed by atoms with Crippen molar-refractivity contribution in [1.82, 2.24) is 0 Å². The highest BCUT2D eigenvalue weighted by Gasteiger charge is 2.43. The van der Waals surface area contributed by atoms with Crippen LogP contribution in [0.5, 0.6) is 0 Å². The van der Waals surface area contributed by atoms with Crippen molar-refractivity contribution < 1.29 is 29.1 Å². The van der Waals surface area contributed by atoms with E-state index in [2.05, 4.69) is 6.07 Å². The third-order valence-electron chi connectivity index (χ3n) is 5.48. The van der Waals surface area contributed by atoms with Crippen LogP contribution in [0.1, 0.15) is 17.0 Å². The summed E-state index contributed by atoms with van der Waals surface area (Å²) >= 11 is 0. The molecule has 0 spiro atoms. The van der Waals surface area contributed by atoms with Crippen molar-refractivity contribution in [3.8, 4) is 6.07 Å². The molecule has 9 nitrogen and oxygen atoms in total. The number of nitriles is 1. The Kier molecular flexibility index (Phi) is 6.87. The number of benzene rings is 2. The van der Waals surface area contributed by atoms with Crippen LogP contribution >= 0.6 is 0 Å². The summed E-state index contributed by atoms with van der Waals surface area (Å²) in [6.07, 6.45) is 0. The monoisotopic (exact) mass is 447 g/mol. The molecule has 0 aromatic heterocycles. The molecule has 33 heavy (non-hydrogen) atoms. The van der Waals surface area contributed by atoms with E-state index in [1.807, 2.05) is 0 Å². The van der Waals surface area contributed by atoms with Crippen molar-refractivity contribution >= 4 is 30.2 Å². The first-order valence-electron chi connectivity index (χ1n) is 9.89. The fraction of sp³-hybridized carbons (Fsp3) is 0.174. The summed E-state index contributed by atoms with van der Waals surface area (Å²) in [6, 6.07) is 15.3. The van der Waals surface area contributed by atoms with Crippen LogP contribution in [-0.2, 0) is 19.1 Å². The first kappa shape index (κ1) is 23.6. The van der Waals surface area contributed by atoms with Gasteiger partial charge in [-0.05, 0) is 29.6 Å². The minimum atomic E-state index is -1.79. The second-order valence-corrected chi connectivity index (χ2v) is 7.20.